The molecule has 4 bridgehead atoms. The van der Waals surface area contributed by atoms with Crippen molar-refractivity contribution in [2.45, 2.75) is 78.1 Å². The van der Waals surface area contributed by atoms with Crippen molar-refractivity contribution in [1.82, 2.24) is 9.80 Å². The number of likely N-dealkylation sites (tertiary alicyclic amines) is 1. The van der Waals surface area contributed by atoms with Gasteiger partial charge in [0.2, 0.25) is 5.91 Å². The molecule has 1 N–H and O–H groups in total. The minimum atomic E-state index is 0.142. The van der Waals surface area contributed by atoms with Gasteiger partial charge in [0.15, 0.2) is 0 Å². The summed E-state index contributed by atoms with van der Waals surface area (Å²) in [6.07, 6.45) is 11.5. The van der Waals surface area contributed by atoms with Gasteiger partial charge in [-0.3, -0.25) is 9.59 Å². The smallest absolute Gasteiger partial charge is 0.254 e. The molecule has 0 radical (unpaired) electrons. The highest BCUT2D eigenvalue weighted by Gasteiger charge is 2.60. The summed E-state index contributed by atoms with van der Waals surface area (Å²) in [5.74, 6) is 1.69. The monoisotopic (exact) mass is 477 g/mol. The number of nitrogens with zero attached hydrogens (tertiary/aromatic N) is 2. The molecule has 35 heavy (non-hydrogen) atoms. The summed E-state index contributed by atoms with van der Waals surface area (Å²) in [6.45, 7) is 8.81. The van der Waals surface area contributed by atoms with Gasteiger partial charge in [0.05, 0.1) is 0 Å². The number of anilines is 1. The lowest BCUT2D eigenvalue weighted by atomic mass is 9.40. The molecule has 2 aliphatic heterocycles. The molecule has 190 valence electrons. The SMILES string of the molecule is CN1CCC(CN2CCc3c(NC(=O)CC45CC6CC(C)(CC(C)(C6)C4)C5)cccc3C2=O)CC1. The van der Waals surface area contributed by atoms with Crippen LogP contribution >= 0.6 is 0 Å². The van der Waals surface area contributed by atoms with E-state index in [-0.39, 0.29) is 17.2 Å². The van der Waals surface area contributed by atoms with Gasteiger partial charge in [-0.1, -0.05) is 19.9 Å². The van der Waals surface area contributed by atoms with Crippen molar-refractivity contribution < 1.29 is 9.59 Å². The van der Waals surface area contributed by atoms with Crippen LogP contribution in [0.3, 0.4) is 0 Å². The van der Waals surface area contributed by atoms with E-state index in [1.165, 1.54) is 51.4 Å². The van der Waals surface area contributed by atoms with Crippen molar-refractivity contribution in [3.63, 3.8) is 0 Å². The second-order valence-corrected chi connectivity index (χ2v) is 13.9. The zero-order valence-electron chi connectivity index (χ0n) is 22.0. The molecule has 7 rings (SSSR count). The average Bonchev–Trinajstić information content (AvgIpc) is 2.74. The van der Waals surface area contributed by atoms with Gasteiger partial charge in [-0.15, -0.1) is 0 Å². The van der Waals surface area contributed by atoms with Crippen molar-refractivity contribution in [1.29, 1.82) is 0 Å². The summed E-state index contributed by atoms with van der Waals surface area (Å²) in [5.41, 5.74) is 3.70. The minimum Gasteiger partial charge on any atom is -0.338 e. The number of carbonyl (C=O) groups is 2. The first-order valence-electron chi connectivity index (χ1n) is 14.0. The number of fused-ring (bicyclic) bond motifs is 1. The van der Waals surface area contributed by atoms with Crippen LogP contribution in [0, 0.1) is 28.1 Å². The fourth-order valence-electron chi connectivity index (χ4n) is 9.84. The van der Waals surface area contributed by atoms with E-state index in [0.29, 0.717) is 23.2 Å². The summed E-state index contributed by atoms with van der Waals surface area (Å²) in [7, 11) is 2.18. The van der Waals surface area contributed by atoms with Crippen molar-refractivity contribution in [3.05, 3.63) is 29.3 Å². The molecule has 5 heteroatoms. The Hall–Kier alpha value is -1.88. The molecule has 2 atom stereocenters. The first-order chi connectivity index (χ1) is 16.6. The molecule has 2 amide bonds. The van der Waals surface area contributed by atoms with Gasteiger partial charge in [0.25, 0.3) is 5.91 Å². The molecule has 4 saturated carbocycles. The first kappa shape index (κ1) is 23.5. The van der Waals surface area contributed by atoms with Crippen LogP contribution in [0.1, 0.15) is 87.6 Å². The van der Waals surface area contributed by atoms with E-state index in [1.54, 1.807) is 0 Å². The van der Waals surface area contributed by atoms with Gasteiger partial charge in [-0.25, -0.2) is 0 Å². The Morgan fingerprint density at radius 1 is 1.03 bits per heavy atom. The normalized spacial score (nSPS) is 36.9. The Morgan fingerprint density at radius 2 is 1.74 bits per heavy atom. The van der Waals surface area contributed by atoms with E-state index >= 15 is 0 Å². The molecule has 1 aromatic rings. The zero-order valence-corrected chi connectivity index (χ0v) is 22.0. The van der Waals surface area contributed by atoms with Crippen LogP contribution in [0.4, 0.5) is 5.69 Å². The van der Waals surface area contributed by atoms with Crippen LogP contribution in [0.5, 0.6) is 0 Å². The van der Waals surface area contributed by atoms with Crippen molar-refractivity contribution >= 4 is 17.5 Å². The topological polar surface area (TPSA) is 52.6 Å². The Bertz CT molecular complexity index is 1010. The molecule has 0 spiro atoms. The molecule has 0 aromatic heterocycles. The Balaban J connectivity index is 1.14. The van der Waals surface area contributed by atoms with Crippen molar-refractivity contribution in [2.75, 3.05) is 38.5 Å². The van der Waals surface area contributed by atoms with E-state index in [0.717, 1.165) is 55.3 Å². The molecule has 1 aromatic carbocycles. The molecule has 2 unspecified atom stereocenters. The van der Waals surface area contributed by atoms with Gasteiger partial charge in [-0.05, 0) is 124 Å². The summed E-state index contributed by atoms with van der Waals surface area (Å²) in [5, 5.41) is 3.28. The third kappa shape index (κ3) is 4.43. The highest BCUT2D eigenvalue weighted by molar-refractivity contribution is 6.00. The highest BCUT2D eigenvalue weighted by atomic mass is 16.2. The number of carbonyl (C=O) groups excluding carboxylic acids is 2. The number of hydrogen-bond acceptors (Lipinski definition) is 3. The summed E-state index contributed by atoms with van der Waals surface area (Å²) < 4.78 is 0. The number of nitrogens with one attached hydrogen (secondary N) is 1. The van der Waals surface area contributed by atoms with Crippen LogP contribution in [-0.4, -0.2) is 54.8 Å². The van der Waals surface area contributed by atoms with Gasteiger partial charge < -0.3 is 15.1 Å². The predicted octanol–water partition coefficient (Wildman–Crippen LogP) is 5.35. The van der Waals surface area contributed by atoms with Crippen LogP contribution in [-0.2, 0) is 11.2 Å². The Kier molecular flexibility index (Phi) is 5.59. The quantitative estimate of drug-likeness (QED) is 0.622. The van der Waals surface area contributed by atoms with Crippen LogP contribution in [0.25, 0.3) is 0 Å². The van der Waals surface area contributed by atoms with Gasteiger partial charge >= 0.3 is 0 Å². The van der Waals surface area contributed by atoms with E-state index in [4.69, 9.17) is 0 Å². The molecular weight excluding hydrogens is 434 g/mol. The summed E-state index contributed by atoms with van der Waals surface area (Å²) in [6, 6.07) is 5.89. The average molecular weight is 478 g/mol. The van der Waals surface area contributed by atoms with Crippen molar-refractivity contribution in [2.24, 2.45) is 28.1 Å². The fraction of sp³-hybridized carbons (Fsp3) is 0.733. The van der Waals surface area contributed by atoms with E-state index in [9.17, 15) is 9.59 Å². The number of piperidine rings is 1. The lowest BCUT2D eigenvalue weighted by Crippen LogP contribution is -2.55. The van der Waals surface area contributed by atoms with Crippen LogP contribution in [0.2, 0.25) is 0 Å². The highest BCUT2D eigenvalue weighted by Crippen LogP contribution is 2.70. The molecule has 1 saturated heterocycles. The number of rotatable bonds is 5. The van der Waals surface area contributed by atoms with Crippen LogP contribution in [0.15, 0.2) is 18.2 Å². The summed E-state index contributed by atoms with van der Waals surface area (Å²) >= 11 is 0. The molecular formula is C30H43N3O2. The van der Waals surface area contributed by atoms with Gasteiger partial charge in [0, 0.05) is 30.8 Å². The maximum Gasteiger partial charge on any atom is 0.254 e. The number of hydrogen-bond donors (Lipinski definition) is 1. The fourth-order valence-corrected chi connectivity index (χ4v) is 9.84. The van der Waals surface area contributed by atoms with E-state index in [1.807, 2.05) is 18.2 Å². The standard InChI is InChI=1S/C30H43N3O2/c1-28-13-22-14-29(2,18-28)20-30(15-22,19-28)16-26(34)31-25-6-4-5-24-23(25)9-12-33(27(24)35)17-21-7-10-32(3)11-8-21/h4-6,21-22H,7-20H2,1-3H3,(H,31,34). The van der Waals surface area contributed by atoms with Crippen LogP contribution < -0.4 is 5.32 Å². The van der Waals surface area contributed by atoms with Gasteiger partial charge in [0.1, 0.15) is 0 Å². The second-order valence-electron chi connectivity index (χ2n) is 13.9. The lowest BCUT2D eigenvalue weighted by Gasteiger charge is -2.65. The number of amides is 2. The molecule has 5 nitrogen and oxygen atoms in total. The lowest BCUT2D eigenvalue weighted by molar-refractivity contribution is -0.153. The largest absolute Gasteiger partial charge is 0.338 e. The minimum absolute atomic E-state index is 0.142. The third-order valence-corrected chi connectivity index (χ3v) is 10.2. The maximum atomic E-state index is 13.4. The molecule has 2 heterocycles. The Labute approximate surface area is 211 Å². The Morgan fingerprint density at radius 3 is 2.43 bits per heavy atom. The first-order valence-corrected chi connectivity index (χ1v) is 14.0. The molecule has 4 aliphatic carbocycles. The van der Waals surface area contributed by atoms with E-state index in [2.05, 4.69) is 36.0 Å². The van der Waals surface area contributed by atoms with E-state index < -0.39 is 0 Å². The van der Waals surface area contributed by atoms with Crippen molar-refractivity contribution in [3.8, 4) is 0 Å². The third-order valence-electron chi connectivity index (χ3n) is 10.2. The maximum absolute atomic E-state index is 13.4. The number of benzene rings is 1. The van der Waals surface area contributed by atoms with Gasteiger partial charge in [-0.2, -0.15) is 0 Å². The molecule has 6 aliphatic rings. The zero-order chi connectivity index (χ0) is 24.4. The summed E-state index contributed by atoms with van der Waals surface area (Å²) in [4.78, 5) is 31.2. The molecule has 5 fully saturated rings. The second kappa shape index (κ2) is 8.33. The predicted molar refractivity (Wildman–Crippen MR) is 139 cm³/mol.